The predicted octanol–water partition coefficient (Wildman–Crippen LogP) is 3.74. The summed E-state index contributed by atoms with van der Waals surface area (Å²) in [4.78, 5) is 18.5. The summed E-state index contributed by atoms with van der Waals surface area (Å²) in [5.74, 6) is 1.51. The maximum atomic E-state index is 12.3. The first-order valence-corrected chi connectivity index (χ1v) is 10.6. The topological polar surface area (TPSA) is 78.0 Å². The number of nitrogens with one attached hydrogen (secondary N) is 3. The van der Waals surface area contributed by atoms with Crippen molar-refractivity contribution in [1.82, 2.24) is 15.5 Å². The second kappa shape index (κ2) is 11.6. The molecule has 1 saturated heterocycles. The lowest BCUT2D eigenvalue weighted by atomic mass is 10.2. The van der Waals surface area contributed by atoms with Crippen LogP contribution in [0.25, 0.3) is 0 Å². The number of para-hydroxylation sites is 1. The molecule has 0 radical (unpaired) electrons. The first-order chi connectivity index (χ1) is 15.2. The molecule has 0 saturated carbocycles. The largest absolute Gasteiger partial charge is 0.489 e. The van der Waals surface area contributed by atoms with Crippen molar-refractivity contribution in [2.45, 2.75) is 25.9 Å². The van der Waals surface area contributed by atoms with Gasteiger partial charge in [-0.2, -0.15) is 0 Å². The van der Waals surface area contributed by atoms with Gasteiger partial charge in [0.1, 0.15) is 12.4 Å². The Morgan fingerprint density at radius 2 is 1.90 bits per heavy atom. The van der Waals surface area contributed by atoms with E-state index in [1.807, 2.05) is 53.4 Å². The van der Waals surface area contributed by atoms with Crippen LogP contribution in [0, 0.1) is 0 Å². The standard InChI is InChI=1S/C24H31N5O2/c1-3-15-31-22-12-5-4-10-20(22)18-27-23(25-2)26-17-19-9-8-11-21(16-19)28-24(30)29-13-6-7-14-29/h3-5,8-12,16H,1,6-7,13-15,17-18H2,2H3,(H,28,30)(H2,25,26,27). The van der Waals surface area contributed by atoms with Crippen molar-refractivity contribution in [2.75, 3.05) is 32.1 Å². The van der Waals surface area contributed by atoms with Crippen LogP contribution in [0.15, 0.2) is 66.2 Å². The molecule has 0 unspecified atom stereocenters. The molecule has 7 nitrogen and oxygen atoms in total. The Balaban J connectivity index is 1.52. The molecule has 0 bridgehead atoms. The Morgan fingerprint density at radius 1 is 1.13 bits per heavy atom. The molecular formula is C24H31N5O2. The molecule has 164 valence electrons. The van der Waals surface area contributed by atoms with Gasteiger partial charge in [0.15, 0.2) is 5.96 Å². The summed E-state index contributed by atoms with van der Waals surface area (Å²) in [6, 6.07) is 15.7. The molecule has 1 fully saturated rings. The molecular weight excluding hydrogens is 390 g/mol. The number of nitrogens with zero attached hydrogens (tertiary/aromatic N) is 2. The van der Waals surface area contributed by atoms with Crippen LogP contribution in [-0.4, -0.2) is 43.6 Å². The maximum absolute atomic E-state index is 12.3. The van der Waals surface area contributed by atoms with Crippen molar-refractivity contribution < 1.29 is 9.53 Å². The molecule has 31 heavy (non-hydrogen) atoms. The first kappa shape index (κ1) is 22.2. The molecule has 1 aliphatic rings. The van der Waals surface area contributed by atoms with Crippen LogP contribution in [0.4, 0.5) is 10.5 Å². The molecule has 2 aromatic carbocycles. The van der Waals surface area contributed by atoms with Gasteiger partial charge in [0.05, 0.1) is 0 Å². The van der Waals surface area contributed by atoms with Gasteiger partial charge < -0.3 is 25.6 Å². The number of anilines is 1. The fourth-order valence-electron chi connectivity index (χ4n) is 3.41. The van der Waals surface area contributed by atoms with E-state index in [0.29, 0.717) is 25.7 Å². The molecule has 3 rings (SSSR count). The van der Waals surface area contributed by atoms with Crippen LogP contribution in [0.5, 0.6) is 5.75 Å². The summed E-state index contributed by atoms with van der Waals surface area (Å²) >= 11 is 0. The number of carbonyl (C=O) groups is 1. The molecule has 3 N–H and O–H groups in total. The van der Waals surface area contributed by atoms with Gasteiger partial charge in [0.25, 0.3) is 0 Å². The smallest absolute Gasteiger partial charge is 0.321 e. The van der Waals surface area contributed by atoms with Gasteiger partial charge in [-0.3, -0.25) is 4.99 Å². The number of aliphatic imine (C=N–C) groups is 1. The highest BCUT2D eigenvalue weighted by molar-refractivity contribution is 5.89. The quantitative estimate of drug-likeness (QED) is 0.345. The zero-order valence-electron chi connectivity index (χ0n) is 18.1. The van der Waals surface area contributed by atoms with Crippen LogP contribution >= 0.6 is 0 Å². The molecule has 0 aromatic heterocycles. The molecule has 0 aliphatic carbocycles. The highest BCUT2D eigenvalue weighted by atomic mass is 16.5. The van der Waals surface area contributed by atoms with E-state index in [4.69, 9.17) is 4.74 Å². The number of benzene rings is 2. The number of rotatable bonds is 8. The SMILES string of the molecule is C=CCOc1ccccc1CNC(=NC)NCc1cccc(NC(=O)N2CCCC2)c1. The number of urea groups is 1. The Bertz CT molecular complexity index is 906. The number of ether oxygens (including phenoxy) is 1. The summed E-state index contributed by atoms with van der Waals surface area (Å²) in [7, 11) is 1.74. The van der Waals surface area contributed by atoms with Crippen molar-refractivity contribution in [3.8, 4) is 5.75 Å². The minimum absolute atomic E-state index is 0.0302. The van der Waals surface area contributed by atoms with Gasteiger partial charge >= 0.3 is 6.03 Å². The molecule has 0 spiro atoms. The predicted molar refractivity (Wildman–Crippen MR) is 125 cm³/mol. The third kappa shape index (κ3) is 6.77. The van der Waals surface area contributed by atoms with Gasteiger partial charge in [-0.15, -0.1) is 0 Å². The van der Waals surface area contributed by atoms with Crippen LogP contribution in [-0.2, 0) is 13.1 Å². The van der Waals surface area contributed by atoms with E-state index in [9.17, 15) is 4.79 Å². The highest BCUT2D eigenvalue weighted by Crippen LogP contribution is 2.18. The lowest BCUT2D eigenvalue weighted by Crippen LogP contribution is -2.36. The van der Waals surface area contributed by atoms with E-state index in [-0.39, 0.29) is 6.03 Å². The Morgan fingerprint density at radius 3 is 2.68 bits per heavy atom. The number of hydrogen-bond donors (Lipinski definition) is 3. The molecule has 7 heteroatoms. The van der Waals surface area contributed by atoms with Crippen molar-refractivity contribution in [2.24, 2.45) is 4.99 Å². The van der Waals surface area contributed by atoms with E-state index in [0.717, 1.165) is 48.5 Å². The average Bonchev–Trinajstić information content (AvgIpc) is 3.34. The van der Waals surface area contributed by atoms with Crippen molar-refractivity contribution in [3.05, 3.63) is 72.3 Å². The number of amides is 2. The lowest BCUT2D eigenvalue weighted by Gasteiger charge is -2.17. The number of guanidine groups is 1. The van der Waals surface area contributed by atoms with Gasteiger partial charge in [0.2, 0.25) is 0 Å². The maximum Gasteiger partial charge on any atom is 0.321 e. The zero-order valence-corrected chi connectivity index (χ0v) is 18.1. The number of hydrogen-bond acceptors (Lipinski definition) is 3. The second-order valence-corrected chi connectivity index (χ2v) is 7.31. The van der Waals surface area contributed by atoms with Crippen LogP contribution in [0.2, 0.25) is 0 Å². The summed E-state index contributed by atoms with van der Waals surface area (Å²) in [6.45, 7) is 6.99. The molecule has 2 amide bonds. The third-order valence-electron chi connectivity index (χ3n) is 5.03. The Kier molecular flexibility index (Phi) is 8.34. The number of likely N-dealkylation sites (tertiary alicyclic amines) is 1. The summed E-state index contributed by atoms with van der Waals surface area (Å²) < 4.78 is 5.71. The van der Waals surface area contributed by atoms with Gasteiger partial charge in [-0.25, -0.2) is 4.79 Å². The molecule has 2 aromatic rings. The van der Waals surface area contributed by atoms with Gasteiger partial charge in [0, 0.05) is 44.5 Å². The normalized spacial score (nSPS) is 13.6. The summed E-state index contributed by atoms with van der Waals surface area (Å²) in [5.41, 5.74) is 2.89. The van der Waals surface area contributed by atoms with Crippen LogP contribution in [0.3, 0.4) is 0 Å². The van der Waals surface area contributed by atoms with Crippen molar-refractivity contribution in [3.63, 3.8) is 0 Å². The molecule has 1 heterocycles. The van der Waals surface area contributed by atoms with Gasteiger partial charge in [-0.1, -0.05) is 43.0 Å². The Labute approximate surface area is 184 Å². The zero-order chi connectivity index (χ0) is 21.9. The van der Waals surface area contributed by atoms with E-state index >= 15 is 0 Å². The van der Waals surface area contributed by atoms with Crippen molar-refractivity contribution >= 4 is 17.7 Å². The average molecular weight is 422 g/mol. The summed E-state index contributed by atoms with van der Waals surface area (Å²) in [6.07, 6.45) is 3.88. The van der Waals surface area contributed by atoms with E-state index < -0.39 is 0 Å². The van der Waals surface area contributed by atoms with Crippen LogP contribution in [0.1, 0.15) is 24.0 Å². The second-order valence-electron chi connectivity index (χ2n) is 7.31. The summed E-state index contributed by atoms with van der Waals surface area (Å²) in [5, 5.41) is 9.61. The number of carbonyl (C=O) groups excluding carboxylic acids is 1. The van der Waals surface area contributed by atoms with Crippen LogP contribution < -0.4 is 20.7 Å². The first-order valence-electron chi connectivity index (χ1n) is 10.6. The minimum Gasteiger partial charge on any atom is -0.489 e. The van der Waals surface area contributed by atoms with E-state index in [1.54, 1.807) is 13.1 Å². The van der Waals surface area contributed by atoms with E-state index in [1.165, 1.54) is 0 Å². The van der Waals surface area contributed by atoms with E-state index in [2.05, 4.69) is 27.5 Å². The molecule has 0 atom stereocenters. The third-order valence-corrected chi connectivity index (χ3v) is 5.03. The Hall–Kier alpha value is -3.48. The fourth-order valence-corrected chi connectivity index (χ4v) is 3.41. The van der Waals surface area contributed by atoms with Crippen molar-refractivity contribution in [1.29, 1.82) is 0 Å². The fraction of sp³-hybridized carbons (Fsp3) is 0.333. The monoisotopic (exact) mass is 421 g/mol. The lowest BCUT2D eigenvalue weighted by molar-refractivity contribution is 0.222. The minimum atomic E-state index is -0.0302. The van der Waals surface area contributed by atoms with Gasteiger partial charge in [-0.05, 0) is 36.6 Å². The highest BCUT2D eigenvalue weighted by Gasteiger charge is 2.17. The molecule has 1 aliphatic heterocycles.